The quantitative estimate of drug-likeness (QED) is 0.638. The number of nitrogens with zero attached hydrogens (tertiary/aromatic N) is 2. The van der Waals surface area contributed by atoms with Gasteiger partial charge in [0.2, 0.25) is 0 Å². The maximum Gasteiger partial charge on any atom is 0.306 e. The van der Waals surface area contributed by atoms with Gasteiger partial charge in [0.15, 0.2) is 6.10 Å². The molecule has 0 aliphatic carbocycles. The molecule has 0 spiro atoms. The molecule has 1 heterocycles. The lowest BCUT2D eigenvalue weighted by atomic mass is 10.2. The predicted octanol–water partition coefficient (Wildman–Crippen LogP) is 3.68. The zero-order valence-corrected chi connectivity index (χ0v) is 16.0. The summed E-state index contributed by atoms with van der Waals surface area (Å²) >= 11 is 0. The van der Waals surface area contributed by atoms with Crippen LogP contribution in [0.5, 0.6) is 0 Å². The van der Waals surface area contributed by atoms with Crippen molar-refractivity contribution in [2.45, 2.75) is 32.8 Å². The molecule has 2 aromatic carbocycles. The Bertz CT molecular complexity index is 950. The number of carbonyl (C=O) groups excluding carboxylic acids is 2. The van der Waals surface area contributed by atoms with Crippen LogP contribution in [0.15, 0.2) is 67.0 Å². The molecular weight excluding hydrogens is 354 g/mol. The van der Waals surface area contributed by atoms with Crippen molar-refractivity contribution >= 4 is 17.6 Å². The third kappa shape index (κ3) is 5.07. The van der Waals surface area contributed by atoms with E-state index in [1.54, 1.807) is 17.8 Å². The number of para-hydroxylation sites is 2. The van der Waals surface area contributed by atoms with Crippen molar-refractivity contribution in [2.24, 2.45) is 0 Å². The fourth-order valence-electron chi connectivity index (χ4n) is 2.71. The van der Waals surface area contributed by atoms with Crippen LogP contribution >= 0.6 is 0 Å². The highest BCUT2D eigenvalue weighted by Crippen LogP contribution is 2.14. The lowest BCUT2D eigenvalue weighted by Crippen LogP contribution is -2.30. The molecule has 0 saturated heterocycles. The van der Waals surface area contributed by atoms with E-state index in [1.165, 1.54) is 0 Å². The van der Waals surface area contributed by atoms with Gasteiger partial charge >= 0.3 is 5.97 Å². The maximum absolute atomic E-state index is 12.2. The topological polar surface area (TPSA) is 73.2 Å². The SMILES string of the molecule is Cc1ccccc1NC(=O)C(C)OC(=O)CCc1cnn(-c2ccccc2)c1. The molecule has 1 aromatic heterocycles. The predicted molar refractivity (Wildman–Crippen MR) is 107 cm³/mol. The Morgan fingerprint density at radius 1 is 1.11 bits per heavy atom. The first-order valence-corrected chi connectivity index (χ1v) is 9.18. The fourth-order valence-corrected chi connectivity index (χ4v) is 2.71. The highest BCUT2D eigenvalue weighted by atomic mass is 16.5. The Morgan fingerprint density at radius 3 is 2.57 bits per heavy atom. The molecule has 0 fully saturated rings. The first-order chi connectivity index (χ1) is 13.5. The summed E-state index contributed by atoms with van der Waals surface area (Å²) in [6, 6.07) is 17.2. The summed E-state index contributed by atoms with van der Waals surface area (Å²) in [4.78, 5) is 24.3. The van der Waals surface area contributed by atoms with Gasteiger partial charge in [-0.2, -0.15) is 5.10 Å². The third-order valence-corrected chi connectivity index (χ3v) is 4.35. The van der Waals surface area contributed by atoms with E-state index < -0.39 is 12.1 Å². The summed E-state index contributed by atoms with van der Waals surface area (Å²) < 4.78 is 7.02. The maximum atomic E-state index is 12.2. The second kappa shape index (κ2) is 8.99. The highest BCUT2D eigenvalue weighted by molar-refractivity contribution is 5.95. The molecule has 3 rings (SSSR count). The van der Waals surface area contributed by atoms with Gasteiger partial charge in [0, 0.05) is 18.3 Å². The number of benzene rings is 2. The zero-order valence-electron chi connectivity index (χ0n) is 16.0. The second-order valence-electron chi connectivity index (χ2n) is 6.56. The first-order valence-electron chi connectivity index (χ1n) is 9.18. The van der Waals surface area contributed by atoms with Gasteiger partial charge in [-0.25, -0.2) is 4.68 Å². The molecule has 144 valence electrons. The van der Waals surface area contributed by atoms with Crippen LogP contribution in [0.2, 0.25) is 0 Å². The number of esters is 1. The van der Waals surface area contributed by atoms with E-state index in [4.69, 9.17) is 4.74 Å². The van der Waals surface area contributed by atoms with Crippen LogP contribution in [0.25, 0.3) is 5.69 Å². The first kappa shape index (κ1) is 19.4. The summed E-state index contributed by atoms with van der Waals surface area (Å²) in [6.45, 7) is 3.47. The van der Waals surface area contributed by atoms with E-state index in [0.29, 0.717) is 12.1 Å². The second-order valence-corrected chi connectivity index (χ2v) is 6.56. The van der Waals surface area contributed by atoms with Crippen molar-refractivity contribution in [2.75, 3.05) is 5.32 Å². The van der Waals surface area contributed by atoms with Crippen LogP contribution in [-0.2, 0) is 20.7 Å². The molecule has 3 aromatic rings. The molecule has 1 amide bonds. The van der Waals surface area contributed by atoms with Crippen molar-refractivity contribution in [3.8, 4) is 5.69 Å². The van der Waals surface area contributed by atoms with Gasteiger partial charge in [0.1, 0.15) is 0 Å². The summed E-state index contributed by atoms with van der Waals surface area (Å²) in [7, 11) is 0. The molecule has 0 aliphatic rings. The minimum absolute atomic E-state index is 0.183. The molecule has 6 nitrogen and oxygen atoms in total. The van der Waals surface area contributed by atoms with Crippen molar-refractivity contribution in [1.29, 1.82) is 0 Å². The smallest absolute Gasteiger partial charge is 0.306 e. The van der Waals surface area contributed by atoms with E-state index in [0.717, 1.165) is 16.8 Å². The van der Waals surface area contributed by atoms with Gasteiger partial charge < -0.3 is 10.1 Å². The average Bonchev–Trinajstić information content (AvgIpc) is 3.18. The largest absolute Gasteiger partial charge is 0.453 e. The number of hydrogen-bond donors (Lipinski definition) is 1. The van der Waals surface area contributed by atoms with Crippen molar-refractivity contribution in [1.82, 2.24) is 9.78 Å². The summed E-state index contributed by atoms with van der Waals surface area (Å²) in [5.41, 5.74) is 3.55. The normalized spacial score (nSPS) is 11.6. The molecule has 0 aliphatic heterocycles. The number of hydrogen-bond acceptors (Lipinski definition) is 4. The standard InChI is InChI=1S/C22H23N3O3/c1-16-8-6-7-11-20(16)24-22(27)17(2)28-21(26)13-12-18-14-23-25(15-18)19-9-4-3-5-10-19/h3-11,14-15,17H,12-13H2,1-2H3,(H,24,27). The minimum Gasteiger partial charge on any atom is -0.453 e. The number of rotatable bonds is 7. The van der Waals surface area contributed by atoms with E-state index in [-0.39, 0.29) is 12.3 Å². The van der Waals surface area contributed by atoms with E-state index in [1.807, 2.05) is 67.7 Å². The van der Waals surface area contributed by atoms with Crippen LogP contribution in [-0.4, -0.2) is 27.8 Å². The molecule has 1 unspecified atom stereocenters. The average molecular weight is 377 g/mol. The third-order valence-electron chi connectivity index (χ3n) is 4.35. The Hall–Kier alpha value is -3.41. The number of aryl methyl sites for hydroxylation is 2. The molecule has 28 heavy (non-hydrogen) atoms. The van der Waals surface area contributed by atoms with Gasteiger partial charge in [0.25, 0.3) is 5.91 Å². The van der Waals surface area contributed by atoms with Crippen molar-refractivity contribution in [3.05, 3.63) is 78.1 Å². The van der Waals surface area contributed by atoms with Crippen LogP contribution in [0.3, 0.4) is 0 Å². The van der Waals surface area contributed by atoms with E-state index in [9.17, 15) is 9.59 Å². The monoisotopic (exact) mass is 377 g/mol. The Labute approximate surface area is 164 Å². The Kier molecular flexibility index (Phi) is 6.22. The summed E-state index contributed by atoms with van der Waals surface area (Å²) in [5, 5.41) is 7.09. The lowest BCUT2D eigenvalue weighted by Gasteiger charge is -2.14. The van der Waals surface area contributed by atoms with Gasteiger partial charge in [-0.1, -0.05) is 36.4 Å². The lowest BCUT2D eigenvalue weighted by molar-refractivity contribution is -0.153. The van der Waals surface area contributed by atoms with Crippen LogP contribution < -0.4 is 5.32 Å². The van der Waals surface area contributed by atoms with Gasteiger partial charge in [-0.05, 0) is 49.6 Å². The van der Waals surface area contributed by atoms with Gasteiger partial charge in [-0.15, -0.1) is 0 Å². The molecule has 0 saturated carbocycles. The molecule has 0 radical (unpaired) electrons. The molecule has 1 atom stereocenters. The number of carbonyl (C=O) groups is 2. The Balaban J connectivity index is 1.48. The Morgan fingerprint density at radius 2 is 1.82 bits per heavy atom. The van der Waals surface area contributed by atoms with E-state index in [2.05, 4.69) is 10.4 Å². The van der Waals surface area contributed by atoms with Crippen molar-refractivity contribution < 1.29 is 14.3 Å². The summed E-state index contributed by atoms with van der Waals surface area (Å²) in [5.74, 6) is -0.764. The molecule has 1 N–H and O–H groups in total. The molecule has 6 heteroatoms. The van der Waals surface area contributed by atoms with Gasteiger partial charge in [0.05, 0.1) is 11.9 Å². The number of amides is 1. The zero-order chi connectivity index (χ0) is 19.9. The highest BCUT2D eigenvalue weighted by Gasteiger charge is 2.18. The number of ether oxygens (including phenoxy) is 1. The molecule has 0 bridgehead atoms. The minimum atomic E-state index is -0.862. The molecular formula is C22H23N3O3. The number of aromatic nitrogens is 2. The van der Waals surface area contributed by atoms with Crippen molar-refractivity contribution in [3.63, 3.8) is 0 Å². The fraction of sp³-hybridized carbons (Fsp3) is 0.227. The number of anilines is 1. The summed E-state index contributed by atoms with van der Waals surface area (Å²) in [6.07, 6.45) is 3.44. The van der Waals surface area contributed by atoms with Crippen LogP contribution in [0.4, 0.5) is 5.69 Å². The van der Waals surface area contributed by atoms with Crippen LogP contribution in [0, 0.1) is 6.92 Å². The van der Waals surface area contributed by atoms with Crippen LogP contribution in [0.1, 0.15) is 24.5 Å². The van der Waals surface area contributed by atoms with Gasteiger partial charge in [-0.3, -0.25) is 9.59 Å². The van der Waals surface area contributed by atoms with E-state index >= 15 is 0 Å². The number of nitrogens with one attached hydrogen (secondary N) is 1.